The lowest BCUT2D eigenvalue weighted by Crippen LogP contribution is -2.44. The Hall–Kier alpha value is -3.13. The molecule has 1 saturated heterocycles. The van der Waals surface area contributed by atoms with Crippen LogP contribution in [0.4, 0.5) is 10.5 Å². The molecule has 2 amide bonds. The summed E-state index contributed by atoms with van der Waals surface area (Å²) in [5.41, 5.74) is 2.09. The highest BCUT2D eigenvalue weighted by Gasteiger charge is 2.28. The molecule has 1 atom stereocenters. The highest BCUT2D eigenvalue weighted by molar-refractivity contribution is 5.90. The van der Waals surface area contributed by atoms with Crippen molar-refractivity contribution in [2.24, 2.45) is 5.92 Å². The van der Waals surface area contributed by atoms with Gasteiger partial charge in [0.15, 0.2) is 0 Å². The fourth-order valence-corrected chi connectivity index (χ4v) is 3.23. The number of hydrogen-bond acceptors (Lipinski definition) is 3. The first-order valence-corrected chi connectivity index (χ1v) is 8.78. The number of carbonyl (C=O) groups excluding carboxylic acids is 2. The first-order chi connectivity index (χ1) is 12.7. The third-order valence-corrected chi connectivity index (χ3v) is 4.63. The molecule has 1 N–H and O–H groups in total. The minimum absolute atomic E-state index is 0.125. The molecule has 0 radical (unpaired) electrons. The molecule has 0 aliphatic carbocycles. The molecule has 132 valence electrons. The summed E-state index contributed by atoms with van der Waals surface area (Å²) in [4.78, 5) is 26.8. The van der Waals surface area contributed by atoms with E-state index in [1.807, 2.05) is 30.3 Å². The molecule has 2 aromatic carbocycles. The second-order valence-electron chi connectivity index (χ2n) is 6.54. The summed E-state index contributed by atoms with van der Waals surface area (Å²) >= 11 is 0. The highest BCUT2D eigenvalue weighted by atomic mass is 16.2. The van der Waals surface area contributed by atoms with Crippen molar-refractivity contribution < 1.29 is 9.59 Å². The van der Waals surface area contributed by atoms with Crippen LogP contribution in [0.2, 0.25) is 0 Å². The minimum atomic E-state index is -0.225. The predicted octanol–water partition coefficient (Wildman–Crippen LogP) is 3.61. The topological polar surface area (TPSA) is 73.2 Å². The van der Waals surface area contributed by atoms with Gasteiger partial charge < -0.3 is 10.2 Å². The Morgan fingerprint density at radius 1 is 1.15 bits per heavy atom. The third kappa shape index (κ3) is 4.48. The van der Waals surface area contributed by atoms with Gasteiger partial charge in [0.1, 0.15) is 5.78 Å². The monoisotopic (exact) mass is 347 g/mol. The standard InChI is InChI=1S/C21H21N3O2/c22-14-17-8-4-10-19(12-17)23-21(26)24-11-5-9-18(15-24)20(25)13-16-6-2-1-3-7-16/h1-4,6-8,10,12,18H,5,9,11,13,15H2,(H,23,26)/t18-/m0/s1. The number of nitriles is 1. The van der Waals surface area contributed by atoms with Gasteiger partial charge in [0.2, 0.25) is 0 Å². The summed E-state index contributed by atoms with van der Waals surface area (Å²) in [5, 5.41) is 11.8. The lowest BCUT2D eigenvalue weighted by molar-refractivity contribution is -0.123. The second kappa shape index (κ2) is 8.30. The van der Waals surface area contributed by atoms with E-state index in [0.29, 0.717) is 30.8 Å². The van der Waals surface area contributed by atoms with Crippen LogP contribution in [0.5, 0.6) is 0 Å². The molecule has 1 aliphatic heterocycles. The van der Waals surface area contributed by atoms with E-state index < -0.39 is 0 Å². The van der Waals surface area contributed by atoms with E-state index in [9.17, 15) is 9.59 Å². The van der Waals surface area contributed by atoms with Crippen LogP contribution in [0.15, 0.2) is 54.6 Å². The number of hydrogen-bond donors (Lipinski definition) is 1. The third-order valence-electron chi connectivity index (χ3n) is 4.63. The van der Waals surface area contributed by atoms with Crippen LogP contribution in [0.25, 0.3) is 0 Å². The average Bonchev–Trinajstić information content (AvgIpc) is 2.69. The van der Waals surface area contributed by atoms with Crippen LogP contribution >= 0.6 is 0 Å². The molecule has 0 bridgehead atoms. The molecule has 0 aromatic heterocycles. The van der Waals surface area contributed by atoms with Gasteiger partial charge in [0.05, 0.1) is 11.6 Å². The number of carbonyl (C=O) groups is 2. The van der Waals surface area contributed by atoms with Gasteiger partial charge in [0, 0.05) is 31.1 Å². The largest absolute Gasteiger partial charge is 0.324 e. The van der Waals surface area contributed by atoms with Gasteiger partial charge in [-0.1, -0.05) is 36.4 Å². The molecule has 1 heterocycles. The van der Waals surface area contributed by atoms with Gasteiger partial charge in [0.25, 0.3) is 0 Å². The van der Waals surface area contributed by atoms with Crippen molar-refractivity contribution in [1.82, 2.24) is 4.90 Å². The lowest BCUT2D eigenvalue weighted by atomic mass is 9.90. The van der Waals surface area contributed by atoms with E-state index in [2.05, 4.69) is 11.4 Å². The molecule has 0 unspecified atom stereocenters. The van der Waals surface area contributed by atoms with E-state index in [1.165, 1.54) is 0 Å². The number of Topliss-reactive ketones (excluding diaryl/α,β-unsaturated/α-hetero) is 1. The zero-order valence-electron chi connectivity index (χ0n) is 14.5. The molecule has 1 fully saturated rings. The number of rotatable bonds is 4. The zero-order valence-corrected chi connectivity index (χ0v) is 14.5. The van der Waals surface area contributed by atoms with Crippen molar-refractivity contribution in [2.75, 3.05) is 18.4 Å². The molecular weight excluding hydrogens is 326 g/mol. The first kappa shape index (κ1) is 17.7. The van der Waals surface area contributed by atoms with Crippen molar-refractivity contribution >= 4 is 17.5 Å². The Balaban J connectivity index is 1.59. The average molecular weight is 347 g/mol. The molecule has 2 aromatic rings. The number of amides is 2. The van der Waals surface area contributed by atoms with Gasteiger partial charge in [-0.25, -0.2) is 4.79 Å². The highest BCUT2D eigenvalue weighted by Crippen LogP contribution is 2.20. The summed E-state index contributed by atoms with van der Waals surface area (Å²) < 4.78 is 0. The fourth-order valence-electron chi connectivity index (χ4n) is 3.23. The lowest BCUT2D eigenvalue weighted by Gasteiger charge is -2.32. The van der Waals surface area contributed by atoms with Gasteiger partial charge >= 0.3 is 6.03 Å². The summed E-state index contributed by atoms with van der Waals surface area (Å²) in [6.45, 7) is 1.08. The van der Waals surface area contributed by atoms with Crippen LogP contribution in [0.3, 0.4) is 0 Å². The van der Waals surface area contributed by atoms with Crippen molar-refractivity contribution in [3.63, 3.8) is 0 Å². The minimum Gasteiger partial charge on any atom is -0.324 e. The Morgan fingerprint density at radius 3 is 2.73 bits per heavy atom. The molecule has 5 heteroatoms. The van der Waals surface area contributed by atoms with Gasteiger partial charge in [-0.15, -0.1) is 0 Å². The van der Waals surface area contributed by atoms with E-state index >= 15 is 0 Å². The molecule has 26 heavy (non-hydrogen) atoms. The smallest absolute Gasteiger partial charge is 0.321 e. The number of nitrogens with zero attached hydrogens (tertiary/aromatic N) is 2. The summed E-state index contributed by atoms with van der Waals surface area (Å²) in [6, 6.07) is 18.3. The van der Waals surface area contributed by atoms with Crippen LogP contribution in [0.1, 0.15) is 24.0 Å². The van der Waals surface area contributed by atoms with Gasteiger partial charge in [-0.3, -0.25) is 4.79 Å². The zero-order chi connectivity index (χ0) is 18.4. The fraction of sp³-hybridized carbons (Fsp3) is 0.286. The Bertz CT molecular complexity index is 827. The van der Waals surface area contributed by atoms with Crippen molar-refractivity contribution in [2.45, 2.75) is 19.3 Å². The van der Waals surface area contributed by atoms with Crippen molar-refractivity contribution in [3.8, 4) is 6.07 Å². The summed E-state index contributed by atoms with van der Waals surface area (Å²) in [5.74, 6) is 0.0559. The number of benzene rings is 2. The Labute approximate surface area is 153 Å². The molecule has 5 nitrogen and oxygen atoms in total. The number of nitrogens with one attached hydrogen (secondary N) is 1. The maximum Gasteiger partial charge on any atom is 0.321 e. The molecule has 0 spiro atoms. The number of ketones is 1. The summed E-state index contributed by atoms with van der Waals surface area (Å²) in [7, 11) is 0. The van der Waals surface area contributed by atoms with E-state index in [1.54, 1.807) is 29.2 Å². The van der Waals surface area contributed by atoms with Gasteiger partial charge in [-0.2, -0.15) is 5.26 Å². The number of likely N-dealkylation sites (tertiary alicyclic amines) is 1. The maximum absolute atomic E-state index is 12.6. The Morgan fingerprint density at radius 2 is 1.96 bits per heavy atom. The van der Waals surface area contributed by atoms with Crippen LogP contribution in [-0.2, 0) is 11.2 Å². The van der Waals surface area contributed by atoms with Crippen LogP contribution in [-0.4, -0.2) is 29.8 Å². The maximum atomic E-state index is 12.6. The van der Waals surface area contributed by atoms with Crippen molar-refractivity contribution in [3.05, 3.63) is 65.7 Å². The van der Waals surface area contributed by atoms with Crippen LogP contribution < -0.4 is 5.32 Å². The van der Waals surface area contributed by atoms with E-state index in [-0.39, 0.29) is 17.7 Å². The number of piperidine rings is 1. The molecular formula is C21H21N3O2. The predicted molar refractivity (Wildman–Crippen MR) is 99.6 cm³/mol. The van der Waals surface area contributed by atoms with Gasteiger partial charge in [-0.05, 0) is 36.6 Å². The Kier molecular flexibility index (Phi) is 5.65. The van der Waals surface area contributed by atoms with E-state index in [0.717, 1.165) is 18.4 Å². The number of urea groups is 1. The molecule has 1 aliphatic rings. The quantitative estimate of drug-likeness (QED) is 0.918. The normalized spacial score (nSPS) is 16.6. The molecule has 3 rings (SSSR count). The second-order valence-corrected chi connectivity index (χ2v) is 6.54. The first-order valence-electron chi connectivity index (χ1n) is 8.78. The van der Waals surface area contributed by atoms with Crippen molar-refractivity contribution in [1.29, 1.82) is 5.26 Å². The molecule has 0 saturated carbocycles. The van der Waals surface area contributed by atoms with E-state index in [4.69, 9.17) is 5.26 Å². The number of anilines is 1. The summed E-state index contributed by atoms with van der Waals surface area (Å²) in [6.07, 6.45) is 2.04. The SMILES string of the molecule is N#Cc1cccc(NC(=O)N2CCC[C@H](C(=O)Cc3ccccc3)C2)c1. The van der Waals surface area contributed by atoms with Crippen LogP contribution in [0, 0.1) is 17.2 Å².